The molecule has 0 aromatic carbocycles. The molecule has 0 aliphatic heterocycles. The molecule has 0 N–H and O–H groups in total. The van der Waals surface area contributed by atoms with Crippen molar-refractivity contribution in [2.24, 2.45) is 0 Å². The van der Waals surface area contributed by atoms with Gasteiger partial charge in [-0.25, -0.2) is 0 Å². The van der Waals surface area contributed by atoms with Crippen molar-refractivity contribution in [2.75, 3.05) is 0 Å². The van der Waals surface area contributed by atoms with Gasteiger partial charge in [0.2, 0.25) is 0 Å². The van der Waals surface area contributed by atoms with Crippen molar-refractivity contribution < 1.29 is 4.43 Å². The Morgan fingerprint density at radius 2 is 2.08 bits per heavy atom. The molecule has 0 aromatic heterocycles. The van der Waals surface area contributed by atoms with Crippen LogP contribution >= 0.6 is 0 Å². The number of hydrogen-bond acceptors (Lipinski definition) is 1. The molecule has 0 amide bonds. The second-order valence-corrected chi connectivity index (χ2v) is 8.05. The van der Waals surface area contributed by atoms with Gasteiger partial charge in [-0.3, -0.25) is 0 Å². The van der Waals surface area contributed by atoms with Crippen molar-refractivity contribution in [1.82, 2.24) is 0 Å². The van der Waals surface area contributed by atoms with Gasteiger partial charge in [-0.15, -0.1) is 6.42 Å². The standard InChI is InChI=1S/C10H20OSi/c1-6-8-9-12(4,5)11-10(3)7-2/h2,10H,6,8-9H2,1,3-5H3. The Morgan fingerprint density at radius 1 is 1.50 bits per heavy atom. The van der Waals surface area contributed by atoms with Gasteiger partial charge < -0.3 is 4.43 Å². The fourth-order valence-electron chi connectivity index (χ4n) is 1.17. The number of rotatable bonds is 5. The van der Waals surface area contributed by atoms with Gasteiger partial charge in [0.25, 0.3) is 0 Å². The summed E-state index contributed by atoms with van der Waals surface area (Å²) in [5.41, 5.74) is 0. The minimum atomic E-state index is -1.45. The van der Waals surface area contributed by atoms with E-state index in [4.69, 9.17) is 10.8 Å². The first-order valence-electron chi connectivity index (χ1n) is 4.66. The minimum absolute atomic E-state index is 0.0106. The van der Waals surface area contributed by atoms with Crippen LogP contribution in [0.5, 0.6) is 0 Å². The molecule has 0 saturated heterocycles. The van der Waals surface area contributed by atoms with Crippen molar-refractivity contribution in [3.8, 4) is 12.3 Å². The van der Waals surface area contributed by atoms with E-state index in [-0.39, 0.29) is 6.10 Å². The summed E-state index contributed by atoms with van der Waals surface area (Å²) >= 11 is 0. The highest BCUT2D eigenvalue weighted by Crippen LogP contribution is 2.16. The molecular formula is C10H20OSi. The molecule has 0 spiro atoms. The van der Waals surface area contributed by atoms with Crippen molar-refractivity contribution in [1.29, 1.82) is 0 Å². The molecule has 1 atom stereocenters. The fraction of sp³-hybridized carbons (Fsp3) is 0.800. The van der Waals surface area contributed by atoms with E-state index in [0.29, 0.717) is 0 Å². The van der Waals surface area contributed by atoms with Crippen molar-refractivity contribution >= 4 is 8.32 Å². The Balaban J connectivity index is 3.79. The highest BCUT2D eigenvalue weighted by Gasteiger charge is 2.23. The zero-order valence-corrected chi connectivity index (χ0v) is 9.68. The largest absolute Gasteiger partial charge is 0.404 e. The van der Waals surface area contributed by atoms with E-state index >= 15 is 0 Å². The van der Waals surface area contributed by atoms with E-state index in [1.165, 1.54) is 18.9 Å². The Kier molecular flexibility index (Phi) is 5.28. The summed E-state index contributed by atoms with van der Waals surface area (Å²) in [4.78, 5) is 0. The van der Waals surface area contributed by atoms with Gasteiger partial charge in [0.1, 0.15) is 6.10 Å². The molecular weight excluding hydrogens is 164 g/mol. The van der Waals surface area contributed by atoms with Crippen LogP contribution in [0.1, 0.15) is 26.7 Å². The van der Waals surface area contributed by atoms with Crippen LogP contribution in [0, 0.1) is 12.3 Å². The zero-order valence-electron chi connectivity index (χ0n) is 8.68. The van der Waals surface area contributed by atoms with Crippen LogP contribution in [0.25, 0.3) is 0 Å². The Hall–Kier alpha value is -0.263. The third-order valence-corrected chi connectivity index (χ3v) is 4.41. The van der Waals surface area contributed by atoms with Crippen LogP contribution in [-0.2, 0) is 4.43 Å². The predicted octanol–water partition coefficient (Wildman–Crippen LogP) is 3.03. The molecule has 12 heavy (non-hydrogen) atoms. The Morgan fingerprint density at radius 3 is 2.50 bits per heavy atom. The van der Waals surface area contributed by atoms with E-state index in [0.717, 1.165) is 0 Å². The number of hydrogen-bond donors (Lipinski definition) is 0. The van der Waals surface area contributed by atoms with Crippen LogP contribution < -0.4 is 0 Å². The summed E-state index contributed by atoms with van der Waals surface area (Å²) in [5, 5.41) is 0. The van der Waals surface area contributed by atoms with Gasteiger partial charge >= 0.3 is 0 Å². The van der Waals surface area contributed by atoms with Crippen LogP contribution in [-0.4, -0.2) is 14.4 Å². The van der Waals surface area contributed by atoms with Gasteiger partial charge in [-0.05, 0) is 26.1 Å². The first-order valence-corrected chi connectivity index (χ1v) is 7.77. The van der Waals surface area contributed by atoms with Crippen molar-refractivity contribution in [3.63, 3.8) is 0 Å². The van der Waals surface area contributed by atoms with Gasteiger partial charge in [0.05, 0.1) is 0 Å². The summed E-state index contributed by atoms with van der Waals surface area (Å²) in [7, 11) is -1.45. The molecule has 70 valence electrons. The molecule has 0 aliphatic rings. The van der Waals surface area contributed by atoms with Crippen LogP contribution in [0.15, 0.2) is 0 Å². The third kappa shape index (κ3) is 5.40. The van der Waals surface area contributed by atoms with Gasteiger partial charge in [0, 0.05) is 0 Å². The molecule has 0 radical (unpaired) electrons. The van der Waals surface area contributed by atoms with E-state index in [2.05, 4.69) is 25.9 Å². The molecule has 0 saturated carbocycles. The van der Waals surface area contributed by atoms with Gasteiger partial charge in [0.15, 0.2) is 8.32 Å². The lowest BCUT2D eigenvalue weighted by Gasteiger charge is -2.24. The van der Waals surface area contributed by atoms with E-state index in [1.54, 1.807) is 0 Å². The summed E-state index contributed by atoms with van der Waals surface area (Å²) in [6, 6.07) is 1.22. The second-order valence-electron chi connectivity index (χ2n) is 3.79. The molecule has 2 heteroatoms. The summed E-state index contributed by atoms with van der Waals surface area (Å²) < 4.78 is 5.79. The van der Waals surface area contributed by atoms with Crippen LogP contribution in [0.4, 0.5) is 0 Å². The molecule has 0 rings (SSSR count). The lowest BCUT2D eigenvalue weighted by Crippen LogP contribution is -2.33. The lowest BCUT2D eigenvalue weighted by molar-refractivity contribution is 0.267. The maximum absolute atomic E-state index is 5.79. The summed E-state index contributed by atoms with van der Waals surface area (Å²) in [6.45, 7) is 8.61. The molecule has 0 bridgehead atoms. The first-order chi connectivity index (χ1) is 5.52. The zero-order chi connectivity index (χ0) is 9.61. The average Bonchev–Trinajstić information content (AvgIpc) is 2.00. The third-order valence-electron chi connectivity index (χ3n) is 1.86. The highest BCUT2D eigenvalue weighted by molar-refractivity contribution is 6.71. The van der Waals surface area contributed by atoms with E-state index < -0.39 is 8.32 Å². The topological polar surface area (TPSA) is 9.23 Å². The second kappa shape index (κ2) is 5.39. The maximum atomic E-state index is 5.79. The normalized spacial score (nSPS) is 13.9. The maximum Gasteiger partial charge on any atom is 0.188 e. The molecule has 1 nitrogen and oxygen atoms in total. The first kappa shape index (κ1) is 11.7. The average molecular weight is 184 g/mol. The molecule has 0 fully saturated rings. The van der Waals surface area contributed by atoms with Gasteiger partial charge in [-0.2, -0.15) is 0 Å². The van der Waals surface area contributed by atoms with E-state index in [1.807, 2.05) is 6.92 Å². The van der Waals surface area contributed by atoms with E-state index in [9.17, 15) is 0 Å². The van der Waals surface area contributed by atoms with Crippen LogP contribution in [0.3, 0.4) is 0 Å². The highest BCUT2D eigenvalue weighted by atomic mass is 28.4. The summed E-state index contributed by atoms with van der Waals surface area (Å²) in [6.07, 6.45) is 7.75. The summed E-state index contributed by atoms with van der Waals surface area (Å²) in [5.74, 6) is 2.61. The Labute approximate surface area is 77.6 Å². The molecule has 0 heterocycles. The van der Waals surface area contributed by atoms with Crippen LogP contribution in [0.2, 0.25) is 19.1 Å². The smallest absolute Gasteiger partial charge is 0.188 e. The molecule has 0 aliphatic carbocycles. The quantitative estimate of drug-likeness (QED) is 0.471. The van der Waals surface area contributed by atoms with Crippen molar-refractivity contribution in [2.45, 2.75) is 51.9 Å². The Bertz CT molecular complexity index is 158. The van der Waals surface area contributed by atoms with Crippen molar-refractivity contribution in [3.05, 3.63) is 0 Å². The van der Waals surface area contributed by atoms with Gasteiger partial charge in [-0.1, -0.05) is 25.7 Å². The predicted molar refractivity (Wildman–Crippen MR) is 56.6 cm³/mol. The number of terminal acetylenes is 1. The monoisotopic (exact) mass is 184 g/mol. The lowest BCUT2D eigenvalue weighted by atomic mass is 10.4. The molecule has 0 aromatic rings. The minimum Gasteiger partial charge on any atom is -0.404 e. The molecule has 1 unspecified atom stereocenters. The fourth-order valence-corrected chi connectivity index (χ4v) is 3.52. The SMILES string of the molecule is C#CC(C)O[Si](C)(C)CCCC. The number of unbranched alkanes of at least 4 members (excludes halogenated alkanes) is 1.